The average Bonchev–Trinajstić information content (AvgIpc) is 2.42. The molecule has 1 aromatic carbocycles. The van der Waals surface area contributed by atoms with E-state index in [1.165, 1.54) is 18.2 Å². The van der Waals surface area contributed by atoms with Crippen LogP contribution in [0.2, 0.25) is 0 Å². The van der Waals surface area contributed by atoms with Crippen molar-refractivity contribution in [2.75, 3.05) is 13.2 Å². The van der Waals surface area contributed by atoms with E-state index >= 15 is 0 Å². The summed E-state index contributed by atoms with van der Waals surface area (Å²) in [5.74, 6) is 0.465. The van der Waals surface area contributed by atoms with Crippen molar-refractivity contribution in [3.05, 3.63) is 47.1 Å². The number of allylic oxidation sites excluding steroid dienone is 2. The zero-order chi connectivity index (χ0) is 20.1. The molecule has 0 spiro atoms. The first-order valence-electron chi connectivity index (χ1n) is 7.79. The highest BCUT2D eigenvalue weighted by Crippen LogP contribution is 2.94. The normalized spacial score (nSPS) is 14.0. The highest BCUT2D eigenvalue weighted by molar-refractivity contribution is 8.44. The zero-order valence-corrected chi connectivity index (χ0v) is 15.9. The van der Waals surface area contributed by atoms with Crippen molar-refractivity contribution >= 4 is 10.4 Å². The summed E-state index contributed by atoms with van der Waals surface area (Å²) in [5.41, 5.74) is 1.98. The van der Waals surface area contributed by atoms with Crippen LogP contribution in [0.1, 0.15) is 33.3 Å². The first kappa shape index (κ1) is 22.3. The van der Waals surface area contributed by atoms with Crippen molar-refractivity contribution < 1.29 is 28.9 Å². The van der Waals surface area contributed by atoms with Gasteiger partial charge in [-0.3, -0.25) is 0 Å². The Morgan fingerprint density at radius 3 is 1.62 bits per heavy atom. The van der Waals surface area contributed by atoms with Gasteiger partial charge in [0.1, 0.15) is 24.7 Å². The van der Waals surface area contributed by atoms with Crippen molar-refractivity contribution in [3.63, 3.8) is 0 Å². The minimum absolute atomic E-state index is 0.0276. The van der Waals surface area contributed by atoms with Crippen molar-refractivity contribution in [1.29, 1.82) is 0 Å². The van der Waals surface area contributed by atoms with E-state index in [0.29, 0.717) is 4.72 Å². The molecule has 1 N–H and O–H groups in total. The van der Waals surface area contributed by atoms with E-state index in [0.717, 1.165) is 11.1 Å². The quantitative estimate of drug-likeness (QED) is 0.370. The maximum atomic E-state index is 12.5. The number of hydrogen-bond acceptors (Lipinski definition) is 3. The molecule has 0 fully saturated rings. The third kappa shape index (κ3) is 11.0. The number of nitrogens with one attached hydrogen (secondary N) is 1. The van der Waals surface area contributed by atoms with Gasteiger partial charge in [-0.25, -0.2) is 0 Å². The van der Waals surface area contributed by atoms with Gasteiger partial charge in [0.15, 0.2) is 0 Å². The second kappa shape index (κ2) is 7.48. The fraction of sp³-hybridized carbons (Fsp3) is 0.412. The van der Waals surface area contributed by atoms with E-state index in [4.69, 9.17) is 9.47 Å². The lowest BCUT2D eigenvalue weighted by Crippen LogP contribution is -2.27. The van der Waals surface area contributed by atoms with Gasteiger partial charge < -0.3 is 9.47 Å². The van der Waals surface area contributed by atoms with Crippen molar-refractivity contribution in [1.82, 2.24) is 4.72 Å². The van der Waals surface area contributed by atoms with Crippen LogP contribution in [-0.2, 0) is 6.54 Å². The molecule has 0 bridgehead atoms. The van der Waals surface area contributed by atoms with E-state index in [9.17, 15) is 19.4 Å². The van der Waals surface area contributed by atoms with Gasteiger partial charge in [-0.15, -0.1) is 0 Å². The van der Waals surface area contributed by atoms with E-state index in [-0.39, 0.29) is 30.3 Å². The van der Waals surface area contributed by atoms with Crippen LogP contribution in [0.4, 0.5) is 19.4 Å². The lowest BCUT2D eigenvalue weighted by molar-refractivity contribution is 0.335. The smallest absolute Gasteiger partial charge is 0.342 e. The van der Waals surface area contributed by atoms with Gasteiger partial charge in [0, 0.05) is 12.6 Å². The second-order valence-electron chi connectivity index (χ2n) is 6.29. The molecule has 0 saturated carbocycles. The van der Waals surface area contributed by atoms with Crippen LogP contribution in [-0.4, -0.2) is 13.2 Å². The molecule has 3 nitrogen and oxygen atoms in total. The fourth-order valence-corrected chi connectivity index (χ4v) is 2.17. The van der Waals surface area contributed by atoms with Crippen LogP contribution in [0.15, 0.2) is 41.5 Å². The summed E-state index contributed by atoms with van der Waals surface area (Å²) in [4.78, 5) is 0. The summed E-state index contributed by atoms with van der Waals surface area (Å²) in [6, 6.07) is 4.03. The van der Waals surface area contributed by atoms with Crippen LogP contribution in [0.25, 0.3) is 0 Å². The van der Waals surface area contributed by atoms with Gasteiger partial charge >= 0.3 is 10.4 Å². The molecule has 26 heavy (non-hydrogen) atoms. The van der Waals surface area contributed by atoms with Crippen molar-refractivity contribution in [3.8, 4) is 11.5 Å². The summed E-state index contributed by atoms with van der Waals surface area (Å²) >= 11 is 0. The molecule has 0 saturated heterocycles. The Kier molecular flexibility index (Phi) is 6.41. The van der Waals surface area contributed by atoms with Crippen LogP contribution < -0.4 is 14.2 Å². The third-order valence-corrected chi connectivity index (χ3v) is 3.66. The molecule has 0 aliphatic heterocycles. The standard InChI is InChI=1S/C17H24F5NO2S/c1-13(2)5-7-24-16-9-15(12-23-26(18,19,20,21)22)10-17(11-16)25-8-6-14(3)4/h5-6,9-11,23H,7-8,12H2,1-4H3. The van der Waals surface area contributed by atoms with E-state index in [1.54, 1.807) is 12.2 Å². The number of hydrogen-bond donors (Lipinski definition) is 1. The van der Waals surface area contributed by atoms with Crippen LogP contribution >= 0.6 is 10.4 Å². The molecule has 0 aliphatic rings. The van der Waals surface area contributed by atoms with Crippen LogP contribution in [0, 0.1) is 0 Å². The molecular formula is C17H24F5NO2S. The Labute approximate surface area is 150 Å². The lowest BCUT2D eigenvalue weighted by atomic mass is 10.2. The Balaban J connectivity index is 2.99. The van der Waals surface area contributed by atoms with E-state index < -0.39 is 17.0 Å². The maximum Gasteiger partial charge on any atom is 0.342 e. The van der Waals surface area contributed by atoms with Gasteiger partial charge in [0.25, 0.3) is 0 Å². The van der Waals surface area contributed by atoms with E-state index in [2.05, 4.69) is 0 Å². The molecule has 1 rings (SSSR count). The molecular weight excluding hydrogens is 377 g/mol. The molecule has 0 amide bonds. The van der Waals surface area contributed by atoms with Crippen molar-refractivity contribution in [2.24, 2.45) is 0 Å². The van der Waals surface area contributed by atoms with Crippen LogP contribution in [0.3, 0.4) is 0 Å². The Hall–Kier alpha value is -1.74. The van der Waals surface area contributed by atoms with E-state index in [1.807, 2.05) is 27.7 Å². The summed E-state index contributed by atoms with van der Waals surface area (Å²) in [7, 11) is -9.71. The zero-order valence-electron chi connectivity index (χ0n) is 15.1. The highest BCUT2D eigenvalue weighted by Gasteiger charge is 2.62. The molecule has 0 unspecified atom stereocenters. The minimum atomic E-state index is -9.71. The highest BCUT2D eigenvalue weighted by atomic mass is 32.5. The Morgan fingerprint density at radius 1 is 0.846 bits per heavy atom. The summed E-state index contributed by atoms with van der Waals surface area (Å²) in [6.07, 6.45) is 3.56. The van der Waals surface area contributed by atoms with Gasteiger partial charge in [-0.05, 0) is 57.5 Å². The first-order valence-corrected chi connectivity index (χ1v) is 9.75. The molecule has 0 heterocycles. The molecule has 0 aliphatic carbocycles. The monoisotopic (exact) mass is 401 g/mol. The number of rotatable bonds is 9. The largest absolute Gasteiger partial charge is 0.489 e. The summed E-state index contributed by atoms with van der Waals surface area (Å²) in [6.45, 7) is 6.79. The van der Waals surface area contributed by atoms with Gasteiger partial charge in [-0.1, -0.05) is 30.6 Å². The molecule has 9 heteroatoms. The molecule has 0 aromatic heterocycles. The Morgan fingerprint density at radius 2 is 1.27 bits per heavy atom. The molecule has 1 aromatic rings. The molecule has 0 radical (unpaired) electrons. The number of halogens is 5. The SMILES string of the molecule is CC(C)=CCOc1cc(CNS(F)(F)(F)(F)F)cc(OCC=C(C)C)c1. The maximum absolute atomic E-state index is 12.5. The van der Waals surface area contributed by atoms with Gasteiger partial charge in [0.2, 0.25) is 0 Å². The molecule has 0 atom stereocenters. The number of benzene rings is 1. The first-order chi connectivity index (χ1) is 11.6. The molecule has 150 valence electrons. The average molecular weight is 401 g/mol. The number of ether oxygens (including phenoxy) is 2. The third-order valence-electron chi connectivity index (χ3n) is 2.97. The van der Waals surface area contributed by atoms with Gasteiger partial charge in [0.05, 0.1) is 0 Å². The predicted octanol–water partition coefficient (Wildman–Crippen LogP) is 6.68. The lowest BCUT2D eigenvalue weighted by Gasteiger charge is -2.40. The second-order valence-corrected chi connectivity index (χ2v) is 8.51. The summed E-state index contributed by atoms with van der Waals surface area (Å²) in [5, 5.41) is 0. The summed E-state index contributed by atoms with van der Waals surface area (Å²) < 4.78 is 73.8. The van der Waals surface area contributed by atoms with Crippen molar-refractivity contribution in [2.45, 2.75) is 34.2 Å². The van der Waals surface area contributed by atoms with Crippen LogP contribution in [0.5, 0.6) is 11.5 Å². The predicted molar refractivity (Wildman–Crippen MR) is 96.3 cm³/mol. The fourth-order valence-electron chi connectivity index (χ4n) is 1.73. The Bertz CT molecular complexity index is 651. The van der Waals surface area contributed by atoms with Gasteiger partial charge in [-0.2, -0.15) is 4.72 Å². The minimum Gasteiger partial charge on any atom is -0.489 e. The topological polar surface area (TPSA) is 30.5 Å².